The van der Waals surface area contributed by atoms with Gasteiger partial charge in [0.05, 0.1) is 6.61 Å². The molecule has 0 aliphatic rings. The minimum atomic E-state index is -0.468. The molecule has 0 radical (unpaired) electrons. The van der Waals surface area contributed by atoms with E-state index in [0.29, 0.717) is 11.3 Å². The number of hydrogen-bond acceptors (Lipinski definition) is 5. The Morgan fingerprint density at radius 1 is 1.26 bits per heavy atom. The smallest absolute Gasteiger partial charge is 0.287 e. The van der Waals surface area contributed by atoms with Crippen molar-refractivity contribution in [1.29, 1.82) is 0 Å². The highest BCUT2D eigenvalue weighted by atomic mass is 16.5. The summed E-state index contributed by atoms with van der Waals surface area (Å²) in [7, 11) is 0. The molecule has 6 heteroatoms. The molecule has 0 saturated carbocycles. The number of nitrogens with one attached hydrogen (secondary N) is 1. The van der Waals surface area contributed by atoms with Crippen LogP contribution in [0.5, 0.6) is 5.75 Å². The number of hydrogen-bond donors (Lipinski definition) is 2. The van der Waals surface area contributed by atoms with Crippen molar-refractivity contribution in [2.75, 3.05) is 6.61 Å². The molecule has 0 saturated heterocycles. The van der Waals surface area contributed by atoms with Gasteiger partial charge in [0.25, 0.3) is 5.91 Å². The standard InChI is InChI=1S/C17H23N3O3/c1-3-4-5-6-11-22-14-9-7-13(8-10-14)16-12(2)15(20-23-16)17(21)19-18/h7-10H,3-6,11,18H2,1-2H3,(H,19,21). The Morgan fingerprint density at radius 3 is 2.65 bits per heavy atom. The van der Waals surface area contributed by atoms with Crippen molar-refractivity contribution >= 4 is 5.91 Å². The molecule has 0 bridgehead atoms. The number of nitrogens with two attached hydrogens (primary N) is 1. The molecule has 1 aromatic carbocycles. The highest BCUT2D eigenvalue weighted by Crippen LogP contribution is 2.27. The molecule has 3 N–H and O–H groups in total. The van der Waals surface area contributed by atoms with Gasteiger partial charge in [0.2, 0.25) is 0 Å². The van der Waals surface area contributed by atoms with Crippen LogP contribution in [0.3, 0.4) is 0 Å². The van der Waals surface area contributed by atoms with Crippen molar-refractivity contribution in [1.82, 2.24) is 10.6 Å². The maximum Gasteiger partial charge on any atom is 0.287 e. The van der Waals surface area contributed by atoms with Crippen molar-refractivity contribution in [3.8, 4) is 17.1 Å². The molecule has 0 spiro atoms. The van der Waals surface area contributed by atoms with Crippen molar-refractivity contribution in [3.63, 3.8) is 0 Å². The molecule has 0 aliphatic heterocycles. The third kappa shape index (κ3) is 4.32. The van der Waals surface area contributed by atoms with Gasteiger partial charge in [-0.2, -0.15) is 0 Å². The number of aromatic nitrogens is 1. The van der Waals surface area contributed by atoms with Gasteiger partial charge in [-0.05, 0) is 37.6 Å². The summed E-state index contributed by atoms with van der Waals surface area (Å²) < 4.78 is 11.0. The number of unbranched alkanes of at least 4 members (excludes halogenated alkanes) is 3. The maximum atomic E-state index is 11.5. The van der Waals surface area contributed by atoms with Crippen LogP contribution in [-0.2, 0) is 0 Å². The number of amides is 1. The van der Waals surface area contributed by atoms with E-state index in [0.717, 1.165) is 24.3 Å². The zero-order valence-corrected chi connectivity index (χ0v) is 13.6. The van der Waals surface area contributed by atoms with Crippen molar-refractivity contribution in [2.24, 2.45) is 5.84 Å². The van der Waals surface area contributed by atoms with Crippen LogP contribution in [0.4, 0.5) is 0 Å². The van der Waals surface area contributed by atoms with Crippen LogP contribution in [0.1, 0.15) is 48.7 Å². The van der Waals surface area contributed by atoms with Crippen LogP contribution in [0.2, 0.25) is 0 Å². The van der Waals surface area contributed by atoms with E-state index in [1.165, 1.54) is 19.3 Å². The summed E-state index contributed by atoms with van der Waals surface area (Å²) in [6.07, 6.45) is 4.72. The lowest BCUT2D eigenvalue weighted by molar-refractivity contribution is 0.0944. The lowest BCUT2D eigenvalue weighted by Gasteiger charge is -2.06. The molecule has 0 fully saturated rings. The molecular weight excluding hydrogens is 294 g/mol. The van der Waals surface area contributed by atoms with E-state index in [9.17, 15) is 4.79 Å². The van der Waals surface area contributed by atoms with Gasteiger partial charge in [0.1, 0.15) is 5.75 Å². The van der Waals surface area contributed by atoms with Crippen LogP contribution >= 0.6 is 0 Å². The molecule has 0 aliphatic carbocycles. The first kappa shape index (κ1) is 17.0. The van der Waals surface area contributed by atoms with Crippen LogP contribution in [0, 0.1) is 6.92 Å². The van der Waals surface area contributed by atoms with E-state index >= 15 is 0 Å². The quantitative estimate of drug-likeness (QED) is 0.338. The number of rotatable bonds is 8. The number of benzene rings is 1. The highest BCUT2D eigenvalue weighted by Gasteiger charge is 2.18. The Balaban J connectivity index is 2.00. The zero-order valence-electron chi connectivity index (χ0n) is 13.6. The van der Waals surface area contributed by atoms with E-state index in [4.69, 9.17) is 15.1 Å². The molecule has 0 unspecified atom stereocenters. The first-order valence-electron chi connectivity index (χ1n) is 7.87. The third-order valence-corrected chi connectivity index (χ3v) is 3.65. The summed E-state index contributed by atoms with van der Waals surface area (Å²) in [6.45, 7) is 4.68. The van der Waals surface area contributed by atoms with Gasteiger partial charge >= 0.3 is 0 Å². The molecule has 2 rings (SSSR count). The van der Waals surface area contributed by atoms with Gasteiger partial charge in [-0.1, -0.05) is 31.3 Å². The normalized spacial score (nSPS) is 10.6. The van der Waals surface area contributed by atoms with Crippen LogP contribution < -0.4 is 16.0 Å². The maximum absolute atomic E-state index is 11.5. The highest BCUT2D eigenvalue weighted by molar-refractivity contribution is 5.94. The predicted octanol–water partition coefficient (Wildman–Crippen LogP) is 3.21. The summed E-state index contributed by atoms with van der Waals surface area (Å²) in [5.74, 6) is 6.03. The lowest BCUT2D eigenvalue weighted by atomic mass is 10.1. The second-order valence-electron chi connectivity index (χ2n) is 5.39. The van der Waals surface area contributed by atoms with Gasteiger partial charge in [-0.3, -0.25) is 10.2 Å². The summed E-state index contributed by atoms with van der Waals surface area (Å²) in [4.78, 5) is 11.5. The van der Waals surface area contributed by atoms with E-state index in [2.05, 4.69) is 17.5 Å². The molecule has 1 amide bonds. The zero-order chi connectivity index (χ0) is 16.7. The van der Waals surface area contributed by atoms with Crippen molar-refractivity contribution < 1.29 is 14.1 Å². The van der Waals surface area contributed by atoms with Gasteiger partial charge in [0, 0.05) is 11.1 Å². The molecule has 1 heterocycles. The van der Waals surface area contributed by atoms with Gasteiger partial charge in [-0.25, -0.2) is 5.84 Å². The predicted molar refractivity (Wildman–Crippen MR) is 88.0 cm³/mol. The fourth-order valence-corrected chi connectivity index (χ4v) is 2.31. The SMILES string of the molecule is CCCCCCOc1ccc(-c2onc(C(=O)NN)c2C)cc1. The van der Waals surface area contributed by atoms with E-state index in [1.54, 1.807) is 6.92 Å². The third-order valence-electron chi connectivity index (χ3n) is 3.65. The fourth-order valence-electron chi connectivity index (χ4n) is 2.31. The monoisotopic (exact) mass is 317 g/mol. The number of nitrogen functional groups attached to an aromatic ring is 1. The fraction of sp³-hybridized carbons (Fsp3) is 0.412. The largest absolute Gasteiger partial charge is 0.494 e. The summed E-state index contributed by atoms with van der Waals surface area (Å²) in [5.41, 5.74) is 3.74. The van der Waals surface area contributed by atoms with Crippen LogP contribution in [0.15, 0.2) is 28.8 Å². The minimum Gasteiger partial charge on any atom is -0.494 e. The lowest BCUT2D eigenvalue weighted by Crippen LogP contribution is -2.30. The molecular formula is C17H23N3O3. The first-order valence-corrected chi connectivity index (χ1v) is 7.87. The topological polar surface area (TPSA) is 90.4 Å². The average molecular weight is 317 g/mol. The van der Waals surface area contributed by atoms with E-state index in [-0.39, 0.29) is 5.69 Å². The Labute approximate surface area is 136 Å². The molecule has 1 aromatic heterocycles. The van der Waals surface area contributed by atoms with Crippen LogP contribution in [-0.4, -0.2) is 17.7 Å². The second kappa shape index (κ2) is 8.33. The van der Waals surface area contributed by atoms with Crippen molar-refractivity contribution in [2.45, 2.75) is 39.5 Å². The molecule has 0 atom stereocenters. The molecule has 23 heavy (non-hydrogen) atoms. The van der Waals surface area contributed by atoms with Crippen LogP contribution in [0.25, 0.3) is 11.3 Å². The Morgan fingerprint density at radius 2 is 2.00 bits per heavy atom. The summed E-state index contributed by atoms with van der Waals surface area (Å²) in [5, 5.41) is 3.77. The van der Waals surface area contributed by atoms with Crippen molar-refractivity contribution in [3.05, 3.63) is 35.5 Å². The molecule has 2 aromatic rings. The van der Waals surface area contributed by atoms with Gasteiger partial charge < -0.3 is 9.26 Å². The number of hydrazine groups is 1. The summed E-state index contributed by atoms with van der Waals surface area (Å²) in [6, 6.07) is 7.55. The molecule has 6 nitrogen and oxygen atoms in total. The van der Waals surface area contributed by atoms with E-state index in [1.807, 2.05) is 24.3 Å². The second-order valence-corrected chi connectivity index (χ2v) is 5.39. The Bertz CT molecular complexity index is 635. The summed E-state index contributed by atoms with van der Waals surface area (Å²) >= 11 is 0. The number of carbonyl (C=O) groups excluding carboxylic acids is 1. The Kier molecular flexibility index (Phi) is 6.17. The van der Waals surface area contributed by atoms with Gasteiger partial charge in [-0.15, -0.1) is 0 Å². The van der Waals surface area contributed by atoms with Gasteiger partial charge in [0.15, 0.2) is 11.5 Å². The first-order chi connectivity index (χ1) is 11.2. The number of carbonyl (C=O) groups is 1. The number of ether oxygens (including phenoxy) is 1. The Hall–Kier alpha value is -2.34. The number of nitrogens with zero attached hydrogens (tertiary/aromatic N) is 1. The minimum absolute atomic E-state index is 0.193. The van der Waals surface area contributed by atoms with E-state index < -0.39 is 5.91 Å². The molecule has 124 valence electrons. The average Bonchev–Trinajstić information content (AvgIpc) is 2.96.